The highest BCUT2D eigenvalue weighted by Crippen LogP contribution is 2.16. The molecule has 0 aliphatic heterocycles. The number of ketones is 2. The first kappa shape index (κ1) is 15.3. The van der Waals surface area contributed by atoms with E-state index in [0.29, 0.717) is 17.5 Å². The van der Waals surface area contributed by atoms with E-state index in [0.717, 1.165) is 10.6 Å². The lowest BCUT2D eigenvalue weighted by molar-refractivity contribution is -0.117. The number of carbonyl (C=O) groups is 2. The van der Waals surface area contributed by atoms with Gasteiger partial charge in [-0.3, -0.25) is 9.59 Å². The second kappa shape index (κ2) is 7.11. The maximum Gasteiger partial charge on any atom is 0.193 e. The summed E-state index contributed by atoms with van der Waals surface area (Å²) in [4.78, 5) is 29.0. The van der Waals surface area contributed by atoms with Gasteiger partial charge in [-0.1, -0.05) is 54.6 Å². The summed E-state index contributed by atoms with van der Waals surface area (Å²) in [5, 5.41) is 2.66. The van der Waals surface area contributed by atoms with Gasteiger partial charge in [0.15, 0.2) is 5.78 Å². The van der Waals surface area contributed by atoms with Crippen LogP contribution in [0.3, 0.4) is 0 Å². The van der Waals surface area contributed by atoms with E-state index in [4.69, 9.17) is 0 Å². The summed E-state index contributed by atoms with van der Waals surface area (Å²) >= 11 is 1.47. The standard InChI is InChI=1S/C19H15NO2S/c21-16(13-18-20-10-11-23-18)12-15-8-4-5-9-17(15)19(22)14-6-2-1-3-7-14/h1-11H,12-13H2. The Kier molecular flexibility index (Phi) is 4.74. The third kappa shape index (κ3) is 3.79. The molecular weight excluding hydrogens is 306 g/mol. The second-order valence-electron chi connectivity index (χ2n) is 5.17. The Labute approximate surface area is 138 Å². The van der Waals surface area contributed by atoms with Gasteiger partial charge < -0.3 is 0 Å². The van der Waals surface area contributed by atoms with Gasteiger partial charge in [0.05, 0.1) is 11.4 Å². The first-order valence-corrected chi connectivity index (χ1v) is 8.20. The van der Waals surface area contributed by atoms with E-state index in [1.165, 1.54) is 11.3 Å². The smallest absolute Gasteiger partial charge is 0.193 e. The summed E-state index contributed by atoms with van der Waals surface area (Å²) in [5.41, 5.74) is 1.99. The Morgan fingerprint density at radius 1 is 0.913 bits per heavy atom. The van der Waals surface area contributed by atoms with E-state index >= 15 is 0 Å². The predicted molar refractivity (Wildman–Crippen MR) is 90.8 cm³/mol. The van der Waals surface area contributed by atoms with E-state index in [1.807, 2.05) is 41.8 Å². The van der Waals surface area contributed by atoms with Gasteiger partial charge in [-0.05, 0) is 5.56 Å². The molecule has 3 nitrogen and oxygen atoms in total. The van der Waals surface area contributed by atoms with E-state index in [2.05, 4.69) is 4.98 Å². The molecule has 0 saturated carbocycles. The molecule has 1 heterocycles. The lowest BCUT2D eigenvalue weighted by Gasteiger charge is -2.08. The van der Waals surface area contributed by atoms with E-state index in [-0.39, 0.29) is 18.0 Å². The van der Waals surface area contributed by atoms with Crippen LogP contribution < -0.4 is 0 Å². The zero-order valence-corrected chi connectivity index (χ0v) is 13.3. The number of carbonyl (C=O) groups excluding carboxylic acids is 2. The predicted octanol–water partition coefficient (Wildman–Crippen LogP) is 3.73. The zero-order valence-electron chi connectivity index (χ0n) is 12.4. The third-order valence-electron chi connectivity index (χ3n) is 3.52. The summed E-state index contributed by atoms with van der Waals surface area (Å²) in [7, 11) is 0. The van der Waals surface area contributed by atoms with Crippen molar-refractivity contribution in [2.45, 2.75) is 12.8 Å². The van der Waals surface area contributed by atoms with Crippen LogP contribution in [0.1, 0.15) is 26.5 Å². The fourth-order valence-corrected chi connectivity index (χ4v) is 3.07. The highest BCUT2D eigenvalue weighted by Gasteiger charge is 2.15. The van der Waals surface area contributed by atoms with Crippen LogP contribution in [0.5, 0.6) is 0 Å². The molecule has 0 saturated heterocycles. The Hall–Kier alpha value is -2.59. The van der Waals surface area contributed by atoms with Gasteiger partial charge in [0.1, 0.15) is 5.78 Å². The van der Waals surface area contributed by atoms with Gasteiger partial charge in [0.2, 0.25) is 0 Å². The maximum absolute atomic E-state index is 12.6. The number of hydrogen-bond donors (Lipinski definition) is 0. The van der Waals surface area contributed by atoms with Gasteiger partial charge in [0, 0.05) is 29.1 Å². The number of aromatic nitrogens is 1. The molecule has 23 heavy (non-hydrogen) atoms. The molecule has 0 unspecified atom stereocenters. The van der Waals surface area contributed by atoms with Crippen molar-refractivity contribution < 1.29 is 9.59 Å². The first-order valence-electron chi connectivity index (χ1n) is 7.32. The molecule has 1 aromatic heterocycles. The fraction of sp³-hybridized carbons (Fsp3) is 0.105. The number of benzene rings is 2. The molecule has 2 aromatic carbocycles. The lowest BCUT2D eigenvalue weighted by atomic mass is 9.95. The van der Waals surface area contributed by atoms with Crippen molar-refractivity contribution in [3.05, 3.63) is 87.9 Å². The topological polar surface area (TPSA) is 47.0 Å². The van der Waals surface area contributed by atoms with Gasteiger partial charge in [0.25, 0.3) is 0 Å². The number of nitrogens with zero attached hydrogens (tertiary/aromatic N) is 1. The minimum Gasteiger partial charge on any atom is -0.299 e. The minimum atomic E-state index is -0.0525. The maximum atomic E-state index is 12.6. The van der Waals surface area contributed by atoms with Crippen LogP contribution in [0.2, 0.25) is 0 Å². The molecular formula is C19H15NO2S. The van der Waals surface area contributed by atoms with Crippen LogP contribution in [-0.4, -0.2) is 16.6 Å². The van der Waals surface area contributed by atoms with Crippen molar-refractivity contribution in [2.24, 2.45) is 0 Å². The monoisotopic (exact) mass is 321 g/mol. The molecule has 0 bridgehead atoms. The highest BCUT2D eigenvalue weighted by molar-refractivity contribution is 7.09. The molecule has 0 radical (unpaired) electrons. The fourth-order valence-electron chi connectivity index (χ4n) is 2.42. The lowest BCUT2D eigenvalue weighted by Crippen LogP contribution is -2.11. The summed E-state index contributed by atoms with van der Waals surface area (Å²) in [6.45, 7) is 0. The molecule has 0 N–H and O–H groups in total. The van der Waals surface area contributed by atoms with Crippen molar-refractivity contribution in [1.29, 1.82) is 0 Å². The Bertz CT molecular complexity index is 810. The van der Waals surface area contributed by atoms with E-state index in [9.17, 15) is 9.59 Å². The van der Waals surface area contributed by atoms with Crippen molar-refractivity contribution in [2.75, 3.05) is 0 Å². The molecule has 0 amide bonds. The number of hydrogen-bond acceptors (Lipinski definition) is 4. The largest absolute Gasteiger partial charge is 0.299 e. The normalized spacial score (nSPS) is 10.4. The van der Waals surface area contributed by atoms with Crippen LogP contribution in [0, 0.1) is 0 Å². The van der Waals surface area contributed by atoms with Gasteiger partial charge in [-0.15, -0.1) is 11.3 Å². The van der Waals surface area contributed by atoms with Gasteiger partial charge in [-0.2, -0.15) is 0 Å². The average Bonchev–Trinajstić information content (AvgIpc) is 3.08. The molecule has 3 rings (SSSR count). The van der Waals surface area contributed by atoms with E-state index < -0.39 is 0 Å². The molecule has 4 heteroatoms. The molecule has 0 aliphatic carbocycles. The van der Waals surface area contributed by atoms with Crippen molar-refractivity contribution in [3.8, 4) is 0 Å². The van der Waals surface area contributed by atoms with Crippen LogP contribution in [0.25, 0.3) is 0 Å². The molecule has 114 valence electrons. The SMILES string of the molecule is O=C(Cc1nccs1)Cc1ccccc1C(=O)c1ccccc1. The summed E-state index contributed by atoms with van der Waals surface area (Å²) in [6, 6.07) is 16.4. The zero-order chi connectivity index (χ0) is 16.1. The molecule has 0 spiro atoms. The second-order valence-corrected chi connectivity index (χ2v) is 6.15. The third-order valence-corrected chi connectivity index (χ3v) is 4.30. The van der Waals surface area contributed by atoms with Crippen molar-refractivity contribution in [1.82, 2.24) is 4.98 Å². The highest BCUT2D eigenvalue weighted by atomic mass is 32.1. The van der Waals surface area contributed by atoms with Crippen molar-refractivity contribution in [3.63, 3.8) is 0 Å². The Morgan fingerprint density at radius 3 is 2.39 bits per heavy atom. The molecule has 0 atom stereocenters. The van der Waals surface area contributed by atoms with E-state index in [1.54, 1.807) is 24.4 Å². The first-order chi connectivity index (χ1) is 11.2. The molecule has 0 aliphatic rings. The molecule has 0 fully saturated rings. The Morgan fingerprint density at radius 2 is 1.65 bits per heavy atom. The van der Waals surface area contributed by atoms with Crippen LogP contribution in [-0.2, 0) is 17.6 Å². The van der Waals surface area contributed by atoms with Crippen LogP contribution >= 0.6 is 11.3 Å². The van der Waals surface area contributed by atoms with Crippen molar-refractivity contribution >= 4 is 22.9 Å². The summed E-state index contributed by atoms with van der Waals surface area (Å²) in [6.07, 6.45) is 2.25. The summed E-state index contributed by atoms with van der Waals surface area (Å²) in [5.74, 6) is 0.0107. The number of Topliss-reactive ketones (excluding diaryl/α,β-unsaturated/α-hetero) is 1. The van der Waals surface area contributed by atoms with Crippen LogP contribution in [0.4, 0.5) is 0 Å². The van der Waals surface area contributed by atoms with Crippen LogP contribution in [0.15, 0.2) is 66.2 Å². The molecule has 3 aromatic rings. The van der Waals surface area contributed by atoms with Gasteiger partial charge in [-0.25, -0.2) is 4.98 Å². The van der Waals surface area contributed by atoms with Gasteiger partial charge >= 0.3 is 0 Å². The quantitative estimate of drug-likeness (QED) is 0.650. The number of thiazole rings is 1. The minimum absolute atomic E-state index is 0.0525. The number of rotatable bonds is 6. The Balaban J connectivity index is 1.81. The average molecular weight is 321 g/mol. The summed E-state index contributed by atoms with van der Waals surface area (Å²) < 4.78 is 0.